The second-order valence-corrected chi connectivity index (χ2v) is 35.1. The van der Waals surface area contributed by atoms with Crippen molar-refractivity contribution in [1.82, 2.24) is 4.57 Å². The van der Waals surface area contributed by atoms with Crippen LogP contribution in [0.15, 0.2) is 83.8 Å². The third-order valence-electron chi connectivity index (χ3n) is 23.5. The van der Waals surface area contributed by atoms with Crippen molar-refractivity contribution in [3.63, 3.8) is 0 Å². The Kier molecular flexibility index (Phi) is 35.1. The van der Waals surface area contributed by atoms with E-state index in [0.29, 0.717) is 36.4 Å². The van der Waals surface area contributed by atoms with Crippen LogP contribution in [0, 0.1) is 23.2 Å². The number of aromatic nitrogens is 1. The van der Waals surface area contributed by atoms with Gasteiger partial charge in [-0.25, -0.2) is 0 Å². The lowest BCUT2D eigenvalue weighted by Crippen LogP contribution is -2.35. The molecule has 100 heavy (non-hydrogen) atoms. The molecule has 2 amide bonds. The van der Waals surface area contributed by atoms with Crippen LogP contribution < -0.4 is 20.2 Å². The van der Waals surface area contributed by atoms with E-state index in [1.54, 1.807) is 11.3 Å². The first-order chi connectivity index (χ1) is 48.6. The zero-order valence-electron chi connectivity index (χ0n) is 65.7. The second-order valence-electron chi connectivity index (χ2n) is 33.6. The Hall–Kier alpha value is -4.33. The largest absolute Gasteiger partial charge is 0.340 e. The average Bonchev–Trinajstić information content (AvgIpc) is 1.57. The minimum atomic E-state index is 0.0304. The maximum atomic E-state index is 16.3. The van der Waals surface area contributed by atoms with E-state index in [0.717, 1.165) is 82.2 Å². The van der Waals surface area contributed by atoms with Crippen molar-refractivity contribution >= 4 is 80.1 Å². The van der Waals surface area contributed by atoms with E-state index in [-0.39, 0.29) is 22.6 Å². The van der Waals surface area contributed by atoms with Gasteiger partial charge in [-0.1, -0.05) is 356 Å². The number of carbonyl (C=O) groups excluding carboxylic acids is 2. The molecule has 554 valence electrons. The van der Waals surface area contributed by atoms with Crippen molar-refractivity contribution < 1.29 is 9.59 Å². The predicted octanol–water partition coefficient (Wildman–Crippen LogP) is 27.8. The SMILES string of the molecule is CCCCCCCCCCCCC(CCCCCCCCCC)CN1C(=O)C2=c3cc4c(cc31)=C(c1ccc(-c3ccc5c6ccc(C(C)(C)C)cc6n(CC(CC)CCCC)c5c3)s1)C(=O)N4CC(CCCCCCCCCCCC)CCCCCCCCCCC(C)(C)/C=C/C=C2S. The van der Waals surface area contributed by atoms with Crippen molar-refractivity contribution in [2.75, 3.05) is 22.9 Å². The second kappa shape index (κ2) is 43.2. The van der Waals surface area contributed by atoms with Gasteiger partial charge in [0.25, 0.3) is 11.8 Å². The van der Waals surface area contributed by atoms with Crippen LogP contribution in [-0.2, 0) is 21.5 Å². The molecule has 8 rings (SSSR count). The Balaban J connectivity index is 1.23. The zero-order valence-corrected chi connectivity index (χ0v) is 67.4. The summed E-state index contributed by atoms with van der Waals surface area (Å²) in [6.07, 6.45) is 64.3. The fourth-order valence-corrected chi connectivity index (χ4v) is 18.3. The van der Waals surface area contributed by atoms with Crippen LogP contribution in [0.1, 0.15) is 369 Å². The van der Waals surface area contributed by atoms with E-state index < -0.39 is 0 Å². The summed E-state index contributed by atoms with van der Waals surface area (Å²) in [5.41, 5.74) is 8.72. The van der Waals surface area contributed by atoms with Gasteiger partial charge >= 0.3 is 0 Å². The van der Waals surface area contributed by atoms with Crippen LogP contribution in [0.3, 0.4) is 0 Å². The third kappa shape index (κ3) is 24.4. The standard InChI is InChI=1S/C93H143N3O2S2/c1-11-16-20-23-26-29-31-36-41-46-53-73(52-45-40-35-28-25-22-18-13-3)70-95-83-68-80-84-67-79(83)88(90(95)97)85(99)56-50-64-93(9,10)63-49-44-39-34-33-38-43-48-55-74(54-47-42-37-32-30-27-24-21-17-12-2)71-96(84)91(98)89(80)87-62-61-86(100-87)75-57-59-77-78-60-58-76(92(6,7)8)66-82(78)94(81(77)65-75)69-72(15-5)51-19-14-4/h50,56-62,64-68,72-74,99H,11-49,51-55,63,69-71H2,1-10H3/b64-50+,85-56?. The van der Waals surface area contributed by atoms with E-state index in [9.17, 15) is 0 Å². The first-order valence-electron chi connectivity index (χ1n) is 42.4. The smallest absolute Gasteiger partial charge is 0.260 e. The highest BCUT2D eigenvalue weighted by Gasteiger charge is 2.38. The molecule has 0 radical (unpaired) electrons. The quantitative estimate of drug-likeness (QED) is 0.0313. The molecule has 2 bridgehead atoms. The molecule has 0 saturated heterocycles. The van der Waals surface area contributed by atoms with E-state index >= 15 is 9.59 Å². The van der Waals surface area contributed by atoms with Crippen molar-refractivity contribution in [3.05, 3.63) is 105 Å². The molecule has 3 aromatic carbocycles. The van der Waals surface area contributed by atoms with Gasteiger partial charge in [0.1, 0.15) is 0 Å². The molecule has 0 N–H and O–H groups in total. The van der Waals surface area contributed by atoms with Crippen molar-refractivity contribution in [2.24, 2.45) is 23.2 Å². The molecular weight excluding hydrogens is 1260 g/mol. The monoisotopic (exact) mass is 1400 g/mol. The van der Waals surface area contributed by atoms with Gasteiger partial charge in [0.15, 0.2) is 0 Å². The number of hydrogen-bond acceptors (Lipinski definition) is 4. The van der Waals surface area contributed by atoms with Gasteiger partial charge in [0.05, 0.1) is 22.5 Å². The van der Waals surface area contributed by atoms with Crippen molar-refractivity contribution in [2.45, 2.75) is 370 Å². The molecule has 5 aromatic rings. The van der Waals surface area contributed by atoms with Crippen LogP contribution in [-0.4, -0.2) is 29.5 Å². The van der Waals surface area contributed by atoms with E-state index in [2.05, 4.69) is 162 Å². The molecule has 5 nitrogen and oxygen atoms in total. The summed E-state index contributed by atoms with van der Waals surface area (Å²) in [4.78, 5) is 39.5. The zero-order chi connectivity index (χ0) is 71.1. The Morgan fingerprint density at radius 3 is 1.59 bits per heavy atom. The minimum Gasteiger partial charge on any atom is -0.340 e. The summed E-state index contributed by atoms with van der Waals surface area (Å²) in [5.74, 6) is 1.57. The molecule has 3 atom stereocenters. The maximum absolute atomic E-state index is 16.3. The molecule has 0 fully saturated rings. The van der Waals surface area contributed by atoms with Gasteiger partial charge in [-0.05, 0) is 121 Å². The number of nitrogens with zero attached hydrogens (tertiary/aromatic N) is 3. The minimum absolute atomic E-state index is 0.0304. The fourth-order valence-electron chi connectivity index (χ4n) is 16.9. The summed E-state index contributed by atoms with van der Waals surface area (Å²) in [6.45, 7) is 25.8. The summed E-state index contributed by atoms with van der Waals surface area (Å²) in [6, 6.07) is 23.6. The number of carbonyl (C=O) groups is 2. The van der Waals surface area contributed by atoms with Gasteiger partial charge in [-0.2, -0.15) is 0 Å². The predicted molar refractivity (Wildman–Crippen MR) is 444 cm³/mol. The molecule has 0 spiro atoms. The highest BCUT2D eigenvalue weighted by molar-refractivity contribution is 7.85. The van der Waals surface area contributed by atoms with Crippen LogP contribution in [0.25, 0.3) is 43.4 Å². The number of thiol groups is 1. The number of benzene rings is 3. The normalized spacial score (nSPS) is 17.6. The Morgan fingerprint density at radius 1 is 0.510 bits per heavy atom. The number of fused-ring (bicyclic) bond motifs is 3. The number of rotatable bonds is 41. The number of unbranched alkanes of at least 4 members (excludes halogenated alkanes) is 26. The third-order valence-corrected chi connectivity index (χ3v) is 25.1. The highest BCUT2D eigenvalue weighted by Crippen LogP contribution is 2.42. The van der Waals surface area contributed by atoms with Crippen molar-refractivity contribution in [3.8, 4) is 10.4 Å². The molecule has 3 aliphatic heterocycles. The van der Waals surface area contributed by atoms with Gasteiger partial charge in [-0.3, -0.25) is 9.59 Å². The lowest BCUT2D eigenvalue weighted by molar-refractivity contribution is -0.114. The first kappa shape index (κ1) is 81.3. The maximum Gasteiger partial charge on any atom is 0.260 e. The van der Waals surface area contributed by atoms with Crippen molar-refractivity contribution in [1.29, 1.82) is 0 Å². The van der Waals surface area contributed by atoms with Gasteiger partial charge < -0.3 is 14.4 Å². The molecule has 5 heterocycles. The topological polar surface area (TPSA) is 45.6 Å². The Labute approximate surface area is 621 Å². The van der Waals surface area contributed by atoms with Crippen LogP contribution in [0.5, 0.6) is 0 Å². The Morgan fingerprint density at radius 2 is 1.01 bits per heavy atom. The summed E-state index contributed by atoms with van der Waals surface area (Å²) in [7, 11) is 0. The molecule has 7 heteroatoms. The molecule has 3 aliphatic rings. The lowest BCUT2D eigenvalue weighted by Gasteiger charge is -2.27. The van der Waals surface area contributed by atoms with Gasteiger partial charge in [0, 0.05) is 66.5 Å². The van der Waals surface area contributed by atoms with E-state index in [4.69, 9.17) is 12.6 Å². The fraction of sp³-hybridized carbons (Fsp3) is 0.677. The molecule has 0 aliphatic carbocycles. The van der Waals surface area contributed by atoms with E-state index in [1.165, 1.54) is 288 Å². The van der Waals surface area contributed by atoms with Crippen LogP contribution in [0.2, 0.25) is 0 Å². The van der Waals surface area contributed by atoms with E-state index in [1.807, 2.05) is 0 Å². The van der Waals surface area contributed by atoms with Gasteiger partial charge in [-0.15, -0.1) is 24.0 Å². The molecule has 3 unspecified atom stereocenters. The number of amides is 2. The lowest BCUT2D eigenvalue weighted by atomic mass is 9.86. The van der Waals surface area contributed by atoms with Crippen LogP contribution >= 0.6 is 24.0 Å². The summed E-state index contributed by atoms with van der Waals surface area (Å²) in [5, 5.41) is 4.58. The number of hydrogen-bond donors (Lipinski definition) is 1. The molecular formula is C93H143N3O2S2. The summed E-state index contributed by atoms with van der Waals surface area (Å²) >= 11 is 7.16. The molecule has 0 saturated carbocycles. The Bertz CT molecular complexity index is 3450. The first-order valence-corrected chi connectivity index (χ1v) is 43.7. The number of allylic oxidation sites excluding steroid dienone is 3. The number of anilines is 2. The molecule has 2 aromatic heterocycles. The highest BCUT2D eigenvalue weighted by atomic mass is 32.1. The van der Waals surface area contributed by atoms with Crippen LogP contribution in [0.4, 0.5) is 11.4 Å². The van der Waals surface area contributed by atoms with Gasteiger partial charge in [0.2, 0.25) is 0 Å². The number of thiophene rings is 1. The summed E-state index contributed by atoms with van der Waals surface area (Å²) < 4.78 is 2.66. The average molecular weight is 1400 g/mol.